The van der Waals surface area contributed by atoms with Crippen LogP contribution in [-0.2, 0) is 4.74 Å². The van der Waals surface area contributed by atoms with Crippen molar-refractivity contribution in [2.45, 2.75) is 13.8 Å². The van der Waals surface area contributed by atoms with Crippen molar-refractivity contribution in [3.05, 3.63) is 47.5 Å². The maximum atomic E-state index is 12.9. The van der Waals surface area contributed by atoms with Crippen LogP contribution in [0.25, 0.3) is 0 Å². The van der Waals surface area contributed by atoms with Crippen LogP contribution in [0.4, 0.5) is 0 Å². The van der Waals surface area contributed by atoms with Crippen LogP contribution in [0, 0.1) is 6.92 Å². The number of benzene rings is 2. The predicted octanol–water partition coefficient (Wildman–Crippen LogP) is 3.57. The summed E-state index contributed by atoms with van der Waals surface area (Å²) in [6.45, 7) is 5.67. The van der Waals surface area contributed by atoms with E-state index in [0.29, 0.717) is 36.9 Å². The monoisotopic (exact) mass is 376 g/mol. The van der Waals surface area contributed by atoms with Crippen molar-refractivity contribution in [2.24, 2.45) is 0 Å². The molecule has 0 aromatic heterocycles. The second kappa shape index (κ2) is 10.1. The van der Waals surface area contributed by atoms with Crippen molar-refractivity contribution in [1.29, 1.82) is 0 Å². The van der Waals surface area contributed by atoms with Crippen LogP contribution in [0.15, 0.2) is 36.4 Å². The van der Waals surface area contributed by atoms with Gasteiger partial charge in [0.15, 0.2) is 5.52 Å². The minimum Gasteiger partial charge on any atom is -0.496 e. The molecule has 0 aliphatic carbocycles. The Kier molecular flexibility index (Phi) is 7.89. The largest absolute Gasteiger partial charge is 0.496 e. The van der Waals surface area contributed by atoms with Crippen LogP contribution in [0.5, 0.6) is 17.2 Å². The number of carbonyl (C=O) groups is 1. The van der Waals surface area contributed by atoms with Gasteiger partial charge in [-0.2, -0.15) is 0 Å². The van der Waals surface area contributed by atoms with Crippen LogP contribution in [0.3, 0.4) is 0 Å². The number of hydrogen-bond acceptors (Lipinski definition) is 5. The summed E-state index contributed by atoms with van der Waals surface area (Å²) in [4.78, 5) is 12.9. The highest BCUT2D eigenvalue weighted by Crippen LogP contribution is 2.34. The molecule has 1 atom stereocenters. The van der Waals surface area contributed by atoms with E-state index in [4.69, 9.17) is 18.9 Å². The van der Waals surface area contributed by atoms with Crippen LogP contribution in [0.2, 0.25) is 0 Å². The first-order chi connectivity index (χ1) is 12.6. The molecule has 0 bridgehead atoms. The minimum atomic E-state index is -0.0271. The van der Waals surface area contributed by atoms with E-state index in [-0.39, 0.29) is 14.1 Å². The summed E-state index contributed by atoms with van der Waals surface area (Å²) >= 11 is 0. The van der Waals surface area contributed by atoms with Crippen molar-refractivity contribution in [1.82, 2.24) is 0 Å². The minimum absolute atomic E-state index is 0.0209. The van der Waals surface area contributed by atoms with E-state index in [2.05, 4.69) is 0 Å². The van der Waals surface area contributed by atoms with Gasteiger partial charge in [0.25, 0.3) is 0 Å². The molecule has 2 aromatic rings. The third kappa shape index (κ3) is 5.20. The van der Waals surface area contributed by atoms with Crippen LogP contribution in [0.1, 0.15) is 22.8 Å². The molecule has 0 saturated heterocycles. The normalized spacial score (nSPS) is 10.9. The molecule has 0 fully saturated rings. The average Bonchev–Trinajstić information content (AvgIpc) is 2.66. The zero-order chi connectivity index (χ0) is 18.9. The third-order valence-corrected chi connectivity index (χ3v) is 5.11. The molecular weight excluding hydrogens is 351 g/mol. The van der Waals surface area contributed by atoms with Gasteiger partial charge in [-0.15, -0.1) is 0 Å². The maximum absolute atomic E-state index is 12.9. The Hall–Kier alpha value is -2.10. The lowest BCUT2D eigenvalue weighted by Crippen LogP contribution is -2.09. The van der Waals surface area contributed by atoms with E-state index in [1.165, 1.54) is 0 Å². The fourth-order valence-electron chi connectivity index (χ4n) is 2.49. The number of ether oxygens (including phenoxy) is 4. The Bertz CT molecular complexity index is 723. The average molecular weight is 376 g/mol. The molecule has 6 heteroatoms. The van der Waals surface area contributed by atoms with E-state index in [1.807, 2.05) is 32.0 Å². The predicted molar refractivity (Wildman–Crippen MR) is 105 cm³/mol. The molecule has 0 aliphatic heterocycles. The first-order valence-corrected chi connectivity index (χ1v) is 9.44. The molecule has 0 heterocycles. The van der Waals surface area contributed by atoms with E-state index in [9.17, 15) is 4.79 Å². The fourth-order valence-corrected chi connectivity index (χ4v) is 3.54. The van der Waals surface area contributed by atoms with Crippen molar-refractivity contribution < 1.29 is 23.7 Å². The zero-order valence-corrected chi connectivity index (χ0v) is 16.6. The number of methoxy groups -OCH3 is 2. The van der Waals surface area contributed by atoms with Gasteiger partial charge in [0.1, 0.15) is 29.4 Å². The molecular formula is C20H25O5P. The smallest absolute Gasteiger partial charge is 0.193 e. The second-order valence-corrected chi connectivity index (χ2v) is 6.76. The molecule has 0 amide bonds. The Morgan fingerprint density at radius 3 is 2.31 bits per heavy atom. The Balaban J connectivity index is 2.12. The van der Waals surface area contributed by atoms with E-state index >= 15 is 0 Å². The van der Waals surface area contributed by atoms with Crippen molar-refractivity contribution in [2.75, 3.05) is 34.0 Å². The Labute approximate surface area is 156 Å². The molecule has 0 saturated carbocycles. The molecule has 0 aliphatic rings. The van der Waals surface area contributed by atoms with E-state index < -0.39 is 0 Å². The number of carbonyl (C=O) groups excluding carboxylic acids is 1. The fraction of sp³-hybridized carbons (Fsp3) is 0.350. The van der Waals surface area contributed by atoms with Gasteiger partial charge < -0.3 is 18.9 Å². The Morgan fingerprint density at radius 1 is 1.04 bits per heavy atom. The molecule has 2 rings (SSSR count). The van der Waals surface area contributed by atoms with E-state index in [0.717, 1.165) is 16.6 Å². The summed E-state index contributed by atoms with van der Waals surface area (Å²) in [7, 11) is 3.07. The highest BCUT2D eigenvalue weighted by Gasteiger charge is 2.19. The van der Waals surface area contributed by atoms with Crippen LogP contribution < -0.4 is 19.5 Å². The van der Waals surface area contributed by atoms with Gasteiger partial charge >= 0.3 is 0 Å². The SMILES string of the molecule is CCOCCOc1ccc(PC(=O)c2c(OC)cccc2OC)c(C)c1. The molecule has 0 spiro atoms. The van der Waals surface area contributed by atoms with Gasteiger partial charge in [-0.3, -0.25) is 4.79 Å². The van der Waals surface area contributed by atoms with Crippen LogP contribution in [-0.4, -0.2) is 39.6 Å². The van der Waals surface area contributed by atoms with Gasteiger partial charge in [0.2, 0.25) is 0 Å². The highest BCUT2D eigenvalue weighted by atomic mass is 31.1. The first kappa shape index (κ1) is 20.2. The molecule has 140 valence electrons. The van der Waals surface area contributed by atoms with Crippen molar-refractivity contribution in [3.8, 4) is 17.2 Å². The summed E-state index contributed by atoms with van der Waals surface area (Å²) in [6, 6.07) is 11.1. The summed E-state index contributed by atoms with van der Waals surface area (Å²) in [5.41, 5.74) is 1.47. The molecule has 0 N–H and O–H groups in total. The summed E-state index contributed by atoms with van der Waals surface area (Å²) in [5, 5.41) is 0.972. The summed E-state index contributed by atoms with van der Waals surface area (Å²) < 4.78 is 21.6. The first-order valence-electron chi connectivity index (χ1n) is 8.44. The van der Waals surface area contributed by atoms with E-state index in [1.54, 1.807) is 32.4 Å². The molecule has 5 nitrogen and oxygen atoms in total. The molecule has 26 heavy (non-hydrogen) atoms. The quantitative estimate of drug-likeness (QED) is 0.469. The van der Waals surface area contributed by atoms with Crippen molar-refractivity contribution in [3.63, 3.8) is 0 Å². The lowest BCUT2D eigenvalue weighted by atomic mass is 10.2. The third-order valence-electron chi connectivity index (χ3n) is 3.80. The second-order valence-electron chi connectivity index (χ2n) is 5.51. The number of aryl methyl sites for hydroxylation is 1. The maximum Gasteiger partial charge on any atom is 0.193 e. The zero-order valence-electron chi connectivity index (χ0n) is 15.6. The molecule has 0 radical (unpaired) electrons. The number of hydrogen-bond donors (Lipinski definition) is 0. The van der Waals surface area contributed by atoms with Gasteiger partial charge in [-0.25, -0.2) is 0 Å². The van der Waals surface area contributed by atoms with Gasteiger partial charge in [-0.05, 0) is 57.6 Å². The highest BCUT2D eigenvalue weighted by molar-refractivity contribution is 7.66. The topological polar surface area (TPSA) is 54.0 Å². The van der Waals surface area contributed by atoms with Crippen LogP contribution >= 0.6 is 8.58 Å². The lowest BCUT2D eigenvalue weighted by Gasteiger charge is -2.13. The van der Waals surface area contributed by atoms with Crippen molar-refractivity contribution >= 4 is 19.4 Å². The van der Waals surface area contributed by atoms with Gasteiger partial charge in [-0.1, -0.05) is 12.1 Å². The number of rotatable bonds is 10. The molecule has 2 aromatic carbocycles. The van der Waals surface area contributed by atoms with Gasteiger partial charge in [0, 0.05) is 6.61 Å². The summed E-state index contributed by atoms with van der Waals surface area (Å²) in [6.07, 6.45) is 0. The summed E-state index contributed by atoms with van der Waals surface area (Å²) in [5.74, 6) is 1.82. The lowest BCUT2D eigenvalue weighted by molar-refractivity contribution is 0.108. The van der Waals surface area contributed by atoms with Gasteiger partial charge in [0.05, 0.1) is 20.8 Å². The molecule has 1 unspecified atom stereocenters. The standard InChI is InChI=1S/C20H25O5P/c1-5-24-11-12-25-15-9-10-18(14(2)13-15)26-20(21)19-16(22-3)7-6-8-17(19)23-4/h6-10,13,26H,5,11-12H2,1-4H3. The Morgan fingerprint density at radius 2 is 1.73 bits per heavy atom.